The first-order chi connectivity index (χ1) is 10.8. The Morgan fingerprint density at radius 1 is 1.23 bits per heavy atom. The summed E-state index contributed by atoms with van der Waals surface area (Å²) in [4.78, 5) is 4.33. The van der Waals surface area contributed by atoms with Crippen LogP contribution in [-0.4, -0.2) is 18.6 Å². The minimum atomic E-state index is 0.140. The zero-order valence-electron chi connectivity index (χ0n) is 12.9. The second kappa shape index (κ2) is 6.62. The molecule has 0 radical (unpaired) electrons. The van der Waals surface area contributed by atoms with Crippen LogP contribution < -0.4 is 10.1 Å². The van der Waals surface area contributed by atoms with Crippen molar-refractivity contribution < 1.29 is 9.15 Å². The maximum Gasteiger partial charge on any atom is 0.176 e. The largest absolute Gasteiger partial charge is 0.493 e. The number of nitrogens with one attached hydrogen (secondary N) is 1. The molecule has 0 amide bonds. The van der Waals surface area contributed by atoms with Gasteiger partial charge < -0.3 is 14.5 Å². The van der Waals surface area contributed by atoms with Crippen LogP contribution in [0.2, 0.25) is 0 Å². The molecule has 4 heteroatoms. The monoisotopic (exact) mass is 296 g/mol. The topological polar surface area (TPSA) is 47.3 Å². The van der Waals surface area contributed by atoms with Gasteiger partial charge in [-0.3, -0.25) is 4.98 Å². The lowest BCUT2D eigenvalue weighted by Crippen LogP contribution is -2.21. The lowest BCUT2D eigenvalue weighted by molar-refractivity contribution is 0.400. The Kier molecular flexibility index (Phi) is 4.39. The van der Waals surface area contributed by atoms with Gasteiger partial charge in [0.15, 0.2) is 11.3 Å². The Hall–Kier alpha value is -2.33. The van der Waals surface area contributed by atoms with Gasteiger partial charge in [-0.25, -0.2) is 0 Å². The SMILES string of the molecule is COc1cccc2cc(C(C)NCCc3ccccn3)oc12. The molecule has 114 valence electrons. The molecule has 1 aromatic carbocycles. The number of nitrogens with zero attached hydrogens (tertiary/aromatic N) is 1. The first-order valence-electron chi connectivity index (χ1n) is 7.47. The van der Waals surface area contributed by atoms with Gasteiger partial charge in [0.1, 0.15) is 5.76 Å². The number of aromatic nitrogens is 1. The molecule has 2 aromatic heterocycles. The third kappa shape index (κ3) is 3.12. The molecule has 0 saturated heterocycles. The molecule has 3 aromatic rings. The molecular weight excluding hydrogens is 276 g/mol. The van der Waals surface area contributed by atoms with E-state index in [1.54, 1.807) is 7.11 Å². The fourth-order valence-corrected chi connectivity index (χ4v) is 2.49. The van der Waals surface area contributed by atoms with E-state index in [-0.39, 0.29) is 6.04 Å². The number of ether oxygens (including phenoxy) is 1. The molecule has 1 unspecified atom stereocenters. The summed E-state index contributed by atoms with van der Waals surface area (Å²) >= 11 is 0. The predicted molar refractivity (Wildman–Crippen MR) is 87.1 cm³/mol. The van der Waals surface area contributed by atoms with Crippen LogP contribution in [0.4, 0.5) is 0 Å². The van der Waals surface area contributed by atoms with Gasteiger partial charge in [0.05, 0.1) is 13.2 Å². The Morgan fingerprint density at radius 3 is 2.91 bits per heavy atom. The summed E-state index contributed by atoms with van der Waals surface area (Å²) in [5.74, 6) is 1.69. The molecule has 0 spiro atoms. The summed E-state index contributed by atoms with van der Waals surface area (Å²) in [7, 11) is 1.66. The van der Waals surface area contributed by atoms with Crippen molar-refractivity contribution in [2.45, 2.75) is 19.4 Å². The minimum absolute atomic E-state index is 0.140. The number of hydrogen-bond donors (Lipinski definition) is 1. The van der Waals surface area contributed by atoms with Crippen molar-refractivity contribution in [3.63, 3.8) is 0 Å². The van der Waals surface area contributed by atoms with Crippen LogP contribution in [0.5, 0.6) is 5.75 Å². The van der Waals surface area contributed by atoms with Crippen LogP contribution in [0.1, 0.15) is 24.4 Å². The smallest absolute Gasteiger partial charge is 0.176 e. The van der Waals surface area contributed by atoms with Crippen molar-refractivity contribution in [1.82, 2.24) is 10.3 Å². The van der Waals surface area contributed by atoms with Gasteiger partial charge >= 0.3 is 0 Å². The summed E-state index contributed by atoms with van der Waals surface area (Å²) in [5.41, 5.74) is 1.90. The van der Waals surface area contributed by atoms with Crippen LogP contribution in [-0.2, 0) is 6.42 Å². The molecule has 22 heavy (non-hydrogen) atoms. The molecule has 0 saturated carbocycles. The van der Waals surface area contributed by atoms with E-state index in [0.717, 1.165) is 41.1 Å². The zero-order valence-corrected chi connectivity index (χ0v) is 12.9. The van der Waals surface area contributed by atoms with Crippen LogP contribution in [0.15, 0.2) is 53.1 Å². The fourth-order valence-electron chi connectivity index (χ4n) is 2.49. The van der Waals surface area contributed by atoms with Crippen molar-refractivity contribution in [2.24, 2.45) is 0 Å². The van der Waals surface area contributed by atoms with Crippen molar-refractivity contribution in [1.29, 1.82) is 0 Å². The molecule has 0 fully saturated rings. The van der Waals surface area contributed by atoms with Crippen molar-refractivity contribution in [2.75, 3.05) is 13.7 Å². The Bertz CT molecular complexity index is 737. The number of pyridine rings is 1. The number of hydrogen-bond acceptors (Lipinski definition) is 4. The third-order valence-corrected chi connectivity index (χ3v) is 3.73. The third-order valence-electron chi connectivity index (χ3n) is 3.73. The van der Waals surface area contributed by atoms with Gasteiger partial charge in [-0.05, 0) is 31.2 Å². The number of methoxy groups -OCH3 is 1. The van der Waals surface area contributed by atoms with Crippen molar-refractivity contribution in [3.05, 3.63) is 60.1 Å². The quantitative estimate of drug-likeness (QED) is 0.753. The van der Waals surface area contributed by atoms with E-state index >= 15 is 0 Å². The summed E-state index contributed by atoms with van der Waals surface area (Å²) < 4.78 is 11.3. The molecule has 0 aliphatic carbocycles. The zero-order chi connectivity index (χ0) is 15.4. The van der Waals surface area contributed by atoms with E-state index in [9.17, 15) is 0 Å². The van der Waals surface area contributed by atoms with Gasteiger partial charge in [0, 0.05) is 30.2 Å². The predicted octanol–water partition coefficient (Wildman–Crippen LogP) is 3.73. The molecule has 0 bridgehead atoms. The standard InChI is InChI=1S/C18H20N2O2/c1-13(19-11-9-15-7-3-4-10-20-15)17-12-14-6-5-8-16(21-2)18(14)22-17/h3-8,10,12-13,19H,9,11H2,1-2H3. The Balaban J connectivity index is 1.66. The van der Waals surface area contributed by atoms with Crippen molar-refractivity contribution >= 4 is 11.0 Å². The number of benzene rings is 1. The van der Waals surface area contributed by atoms with Gasteiger partial charge in [0.25, 0.3) is 0 Å². The van der Waals surface area contributed by atoms with E-state index < -0.39 is 0 Å². The van der Waals surface area contributed by atoms with Crippen LogP contribution in [0, 0.1) is 0 Å². The number of furan rings is 1. The first-order valence-corrected chi connectivity index (χ1v) is 7.47. The molecule has 0 aliphatic heterocycles. The highest BCUT2D eigenvalue weighted by molar-refractivity contribution is 5.83. The van der Waals surface area contributed by atoms with E-state index in [4.69, 9.17) is 9.15 Å². The Morgan fingerprint density at radius 2 is 2.14 bits per heavy atom. The Labute approximate surface area is 130 Å². The van der Waals surface area contributed by atoms with Gasteiger partial charge in [-0.2, -0.15) is 0 Å². The van der Waals surface area contributed by atoms with Gasteiger partial charge in [0.2, 0.25) is 0 Å². The second-order valence-corrected chi connectivity index (χ2v) is 5.27. The molecular formula is C18H20N2O2. The number of fused-ring (bicyclic) bond motifs is 1. The molecule has 2 heterocycles. The van der Waals surface area contributed by atoms with Crippen LogP contribution in [0.3, 0.4) is 0 Å². The maximum atomic E-state index is 5.95. The summed E-state index contributed by atoms with van der Waals surface area (Å²) in [6.45, 7) is 2.95. The average molecular weight is 296 g/mol. The maximum absolute atomic E-state index is 5.95. The molecule has 4 nitrogen and oxygen atoms in total. The number of rotatable bonds is 6. The summed E-state index contributed by atoms with van der Waals surface area (Å²) in [6, 6.07) is 14.1. The summed E-state index contributed by atoms with van der Waals surface area (Å²) in [5, 5.41) is 4.53. The molecule has 0 aliphatic rings. The molecule has 1 atom stereocenters. The molecule has 1 N–H and O–H groups in total. The molecule has 3 rings (SSSR count). The second-order valence-electron chi connectivity index (χ2n) is 5.27. The van der Waals surface area contributed by atoms with Gasteiger partial charge in [-0.15, -0.1) is 0 Å². The highest BCUT2D eigenvalue weighted by Gasteiger charge is 2.13. The highest BCUT2D eigenvalue weighted by Crippen LogP contribution is 2.30. The fraction of sp³-hybridized carbons (Fsp3) is 0.278. The van der Waals surface area contributed by atoms with Crippen molar-refractivity contribution in [3.8, 4) is 5.75 Å². The average Bonchev–Trinajstić information content (AvgIpc) is 3.00. The normalized spacial score (nSPS) is 12.5. The summed E-state index contributed by atoms with van der Waals surface area (Å²) in [6.07, 6.45) is 2.72. The van der Waals surface area contributed by atoms with E-state index in [2.05, 4.69) is 23.3 Å². The van der Waals surface area contributed by atoms with Gasteiger partial charge in [-0.1, -0.05) is 18.2 Å². The minimum Gasteiger partial charge on any atom is -0.493 e. The van der Waals surface area contributed by atoms with E-state index in [0.29, 0.717) is 0 Å². The lowest BCUT2D eigenvalue weighted by atomic mass is 10.2. The van der Waals surface area contributed by atoms with E-state index in [1.165, 1.54) is 0 Å². The van der Waals surface area contributed by atoms with Crippen LogP contribution in [0.25, 0.3) is 11.0 Å². The van der Waals surface area contributed by atoms with Crippen LogP contribution >= 0.6 is 0 Å². The lowest BCUT2D eigenvalue weighted by Gasteiger charge is -2.10. The highest BCUT2D eigenvalue weighted by atomic mass is 16.5. The number of para-hydroxylation sites is 1. The van der Waals surface area contributed by atoms with E-state index in [1.807, 2.05) is 42.6 Å². The first kappa shape index (κ1) is 14.6.